The minimum Gasteiger partial charge on any atom is -0.497 e. The van der Waals surface area contributed by atoms with Crippen LogP contribution in [0.4, 0.5) is 0 Å². The first kappa shape index (κ1) is 21.7. The van der Waals surface area contributed by atoms with E-state index in [-0.39, 0.29) is 11.9 Å². The van der Waals surface area contributed by atoms with Crippen molar-refractivity contribution in [3.8, 4) is 17.0 Å². The average Bonchev–Trinajstić information content (AvgIpc) is 3.40. The number of rotatable bonds is 5. The molecule has 1 N–H and O–H groups in total. The highest BCUT2D eigenvalue weighted by atomic mass is 79.9. The lowest BCUT2D eigenvalue weighted by atomic mass is 9.93. The molecule has 1 aromatic heterocycles. The van der Waals surface area contributed by atoms with Gasteiger partial charge < -0.3 is 14.6 Å². The van der Waals surface area contributed by atoms with Crippen molar-refractivity contribution in [2.45, 2.75) is 12.6 Å². The Balaban J connectivity index is 1.55. The van der Waals surface area contributed by atoms with E-state index in [2.05, 4.69) is 57.3 Å². The van der Waals surface area contributed by atoms with Gasteiger partial charge in [0.15, 0.2) is 0 Å². The largest absolute Gasteiger partial charge is 0.497 e. The van der Waals surface area contributed by atoms with Crippen molar-refractivity contribution in [3.05, 3.63) is 124 Å². The maximum Gasteiger partial charge on any atom is 0.255 e. The van der Waals surface area contributed by atoms with Crippen molar-refractivity contribution in [2.75, 3.05) is 7.11 Å². The molecule has 0 unspecified atom stereocenters. The molecule has 1 amide bonds. The minimum absolute atomic E-state index is 0.0495. The van der Waals surface area contributed by atoms with Crippen molar-refractivity contribution in [3.63, 3.8) is 0 Å². The Morgan fingerprint density at radius 2 is 1.60 bits per heavy atom. The van der Waals surface area contributed by atoms with Gasteiger partial charge in [0.25, 0.3) is 5.91 Å². The van der Waals surface area contributed by atoms with Gasteiger partial charge in [-0.3, -0.25) is 4.79 Å². The summed E-state index contributed by atoms with van der Waals surface area (Å²) in [5.74, 6) is 0.851. The monoisotopic (exact) mass is 522 g/mol. The zero-order valence-corrected chi connectivity index (χ0v) is 20.7. The smallest absolute Gasteiger partial charge is 0.255 e. The van der Waals surface area contributed by atoms with Crippen LogP contribution in [0.15, 0.2) is 102 Å². The van der Waals surface area contributed by atoms with Crippen LogP contribution in [-0.4, -0.2) is 22.9 Å². The summed E-state index contributed by atoms with van der Waals surface area (Å²) in [6.45, 7) is 0.501. The van der Waals surface area contributed by atoms with Crippen LogP contribution in [0.3, 0.4) is 0 Å². The number of nitrogens with zero attached hydrogens (tertiary/aromatic N) is 1. The molecule has 1 aliphatic heterocycles. The van der Waals surface area contributed by atoms with Gasteiger partial charge in [0.2, 0.25) is 0 Å². The van der Waals surface area contributed by atoms with E-state index in [0.29, 0.717) is 6.54 Å². The quantitative estimate of drug-likeness (QED) is 0.262. The van der Waals surface area contributed by atoms with Crippen molar-refractivity contribution < 1.29 is 9.53 Å². The van der Waals surface area contributed by atoms with E-state index in [1.807, 2.05) is 65.6 Å². The average molecular weight is 523 g/mol. The molecule has 0 saturated heterocycles. The first-order valence-electron chi connectivity index (χ1n) is 11.5. The standard InChI is InChI=1S/C30H23BrN2O2/c1-35-22-16-10-19(11-17-22)18-33-29(23-6-2-3-7-24(23)30(33)34)27-25-8-4-5-9-26(25)32-28(27)20-12-14-21(31)15-13-20/h2-17,29,32H,18H2,1H3/t29-/m0/s1. The molecule has 6 rings (SSSR count). The summed E-state index contributed by atoms with van der Waals surface area (Å²) in [4.78, 5) is 19.4. The van der Waals surface area contributed by atoms with Crippen molar-refractivity contribution in [1.29, 1.82) is 0 Å². The lowest BCUT2D eigenvalue weighted by molar-refractivity contribution is 0.0737. The highest BCUT2D eigenvalue weighted by Crippen LogP contribution is 2.46. The third-order valence-corrected chi connectivity index (χ3v) is 7.25. The molecule has 5 heteroatoms. The second-order valence-corrected chi connectivity index (χ2v) is 9.65. The number of aromatic nitrogens is 1. The van der Waals surface area contributed by atoms with Gasteiger partial charge in [-0.25, -0.2) is 0 Å². The predicted molar refractivity (Wildman–Crippen MR) is 143 cm³/mol. The number of nitrogens with one attached hydrogen (secondary N) is 1. The molecule has 0 saturated carbocycles. The molecule has 35 heavy (non-hydrogen) atoms. The van der Waals surface area contributed by atoms with E-state index in [1.54, 1.807) is 7.11 Å². The number of aromatic amines is 1. The number of hydrogen-bond donors (Lipinski definition) is 1. The number of halogens is 1. The number of carbonyl (C=O) groups excluding carboxylic acids is 1. The summed E-state index contributed by atoms with van der Waals surface area (Å²) in [6, 6.07) is 32.3. The summed E-state index contributed by atoms with van der Waals surface area (Å²) in [7, 11) is 1.66. The Kier molecular flexibility index (Phi) is 5.42. The van der Waals surface area contributed by atoms with Gasteiger partial charge in [-0.05, 0) is 53.1 Å². The zero-order valence-electron chi connectivity index (χ0n) is 19.2. The van der Waals surface area contributed by atoms with Crippen LogP contribution in [0.1, 0.15) is 33.1 Å². The third-order valence-electron chi connectivity index (χ3n) is 6.72. The molecule has 4 aromatic carbocycles. The second-order valence-electron chi connectivity index (χ2n) is 8.74. The topological polar surface area (TPSA) is 45.3 Å². The van der Waals surface area contributed by atoms with Gasteiger partial charge in [0, 0.05) is 33.0 Å². The van der Waals surface area contributed by atoms with Crippen LogP contribution in [0.25, 0.3) is 22.2 Å². The van der Waals surface area contributed by atoms with E-state index in [4.69, 9.17) is 4.74 Å². The van der Waals surface area contributed by atoms with Crippen molar-refractivity contribution >= 4 is 32.7 Å². The zero-order chi connectivity index (χ0) is 23.9. The molecule has 5 aromatic rings. The number of ether oxygens (including phenoxy) is 1. The predicted octanol–water partition coefficient (Wildman–Crippen LogP) is 7.35. The number of benzene rings is 4. The normalized spacial score (nSPS) is 15.0. The van der Waals surface area contributed by atoms with Crippen LogP contribution in [0.5, 0.6) is 5.75 Å². The maximum absolute atomic E-state index is 13.7. The van der Waals surface area contributed by atoms with Gasteiger partial charge in [-0.15, -0.1) is 0 Å². The van der Waals surface area contributed by atoms with Crippen LogP contribution < -0.4 is 4.74 Å². The Labute approximate surface area is 212 Å². The molecule has 2 heterocycles. The molecular weight excluding hydrogens is 500 g/mol. The summed E-state index contributed by atoms with van der Waals surface area (Å²) >= 11 is 3.55. The van der Waals surface area contributed by atoms with E-state index < -0.39 is 0 Å². The van der Waals surface area contributed by atoms with Crippen LogP contribution in [0, 0.1) is 0 Å². The maximum atomic E-state index is 13.7. The number of hydrogen-bond acceptors (Lipinski definition) is 2. The molecule has 4 nitrogen and oxygen atoms in total. The fourth-order valence-corrected chi connectivity index (χ4v) is 5.33. The summed E-state index contributed by atoms with van der Waals surface area (Å²) < 4.78 is 6.35. The number of carbonyl (C=O) groups is 1. The van der Waals surface area contributed by atoms with Gasteiger partial charge in [-0.1, -0.05) is 76.6 Å². The number of H-pyrrole nitrogens is 1. The molecule has 172 valence electrons. The highest BCUT2D eigenvalue weighted by molar-refractivity contribution is 9.10. The Bertz CT molecular complexity index is 1540. The molecule has 0 bridgehead atoms. The Morgan fingerprint density at radius 1 is 0.886 bits per heavy atom. The van der Waals surface area contributed by atoms with Gasteiger partial charge >= 0.3 is 0 Å². The van der Waals surface area contributed by atoms with Crippen LogP contribution in [-0.2, 0) is 6.54 Å². The lowest BCUT2D eigenvalue weighted by Gasteiger charge is -2.27. The number of amides is 1. The van der Waals surface area contributed by atoms with Gasteiger partial charge in [0.05, 0.1) is 18.8 Å². The molecule has 0 aliphatic carbocycles. The summed E-state index contributed by atoms with van der Waals surface area (Å²) in [6.07, 6.45) is 0. The first-order valence-corrected chi connectivity index (χ1v) is 12.3. The summed E-state index contributed by atoms with van der Waals surface area (Å²) in [5.41, 5.74) is 7.15. The number of fused-ring (bicyclic) bond motifs is 2. The lowest BCUT2D eigenvalue weighted by Crippen LogP contribution is -2.28. The van der Waals surface area contributed by atoms with Gasteiger partial charge in [-0.2, -0.15) is 0 Å². The van der Waals surface area contributed by atoms with E-state index >= 15 is 0 Å². The van der Waals surface area contributed by atoms with E-state index in [9.17, 15) is 4.79 Å². The molecular formula is C30H23BrN2O2. The SMILES string of the molecule is COc1ccc(CN2C(=O)c3ccccc3[C@H]2c2c(-c3ccc(Br)cc3)[nH]c3ccccc23)cc1. The van der Waals surface area contributed by atoms with Crippen LogP contribution in [0.2, 0.25) is 0 Å². The highest BCUT2D eigenvalue weighted by Gasteiger charge is 2.40. The van der Waals surface area contributed by atoms with Crippen molar-refractivity contribution in [2.24, 2.45) is 0 Å². The molecule has 0 fully saturated rings. The third kappa shape index (κ3) is 3.72. The molecule has 1 aliphatic rings. The van der Waals surface area contributed by atoms with Crippen molar-refractivity contribution in [1.82, 2.24) is 9.88 Å². The molecule has 0 radical (unpaired) electrons. The first-order chi connectivity index (χ1) is 17.1. The Hall–Kier alpha value is -3.83. The fourth-order valence-electron chi connectivity index (χ4n) is 5.06. The van der Waals surface area contributed by atoms with E-state index in [1.165, 1.54) is 0 Å². The second kappa shape index (κ2) is 8.75. The number of methoxy groups -OCH3 is 1. The molecule has 1 atom stereocenters. The fraction of sp³-hybridized carbons (Fsp3) is 0.100. The van der Waals surface area contributed by atoms with Crippen LogP contribution >= 0.6 is 15.9 Å². The van der Waals surface area contributed by atoms with Gasteiger partial charge in [0.1, 0.15) is 5.75 Å². The molecule has 0 spiro atoms. The van der Waals surface area contributed by atoms with E-state index in [0.717, 1.165) is 54.6 Å². The minimum atomic E-state index is -0.212. The Morgan fingerprint density at radius 3 is 2.37 bits per heavy atom. The summed E-state index contributed by atoms with van der Waals surface area (Å²) in [5, 5.41) is 1.12. The number of para-hydroxylation sites is 1.